The van der Waals surface area contributed by atoms with Gasteiger partial charge in [0.05, 0.1) is 17.8 Å². The molecule has 0 aromatic carbocycles. The van der Waals surface area contributed by atoms with E-state index in [0.29, 0.717) is 51.6 Å². The first-order chi connectivity index (χ1) is 14.0. The molecule has 0 unspecified atom stereocenters. The average Bonchev–Trinajstić information content (AvgIpc) is 3.24. The van der Waals surface area contributed by atoms with Crippen molar-refractivity contribution in [3.05, 3.63) is 18.0 Å². The number of piperazine rings is 1. The summed E-state index contributed by atoms with van der Waals surface area (Å²) < 4.78 is 42.7. The number of sulfonamides is 1. The molecule has 11 heteroatoms. The molecule has 0 saturated carbocycles. The molecule has 164 valence electrons. The number of aromatic nitrogens is 1. The topological polar surface area (TPSA) is 110 Å². The molecule has 2 fully saturated rings. The van der Waals surface area contributed by atoms with Crippen molar-refractivity contribution < 1.29 is 22.4 Å². The molecule has 1 N–H and O–H groups in total. The van der Waals surface area contributed by atoms with E-state index >= 15 is 0 Å². The van der Waals surface area contributed by atoms with E-state index in [4.69, 9.17) is 19.0 Å². The van der Waals surface area contributed by atoms with Crippen molar-refractivity contribution in [3.63, 3.8) is 0 Å². The van der Waals surface area contributed by atoms with Crippen LogP contribution >= 0.6 is 0 Å². The third kappa shape index (κ3) is 5.68. The molecule has 0 amide bonds. The lowest BCUT2D eigenvalue weighted by Crippen LogP contribution is -2.54. The molecule has 0 bridgehead atoms. The minimum atomic E-state index is -3.42. The van der Waals surface area contributed by atoms with Crippen LogP contribution in [0.4, 0.5) is 0 Å². The van der Waals surface area contributed by atoms with Crippen molar-refractivity contribution >= 4 is 16.0 Å². The van der Waals surface area contributed by atoms with E-state index in [0.717, 1.165) is 25.3 Å². The smallest absolute Gasteiger partial charge is 0.220 e. The lowest BCUT2D eigenvalue weighted by molar-refractivity contribution is -0.0829. The maximum atomic E-state index is 12.6. The van der Waals surface area contributed by atoms with Crippen LogP contribution in [-0.2, 0) is 25.2 Å². The van der Waals surface area contributed by atoms with Crippen LogP contribution in [0.1, 0.15) is 25.5 Å². The van der Waals surface area contributed by atoms with Gasteiger partial charge in [0, 0.05) is 72.0 Å². The number of ether oxygens (including phenoxy) is 2. The first-order valence-electron chi connectivity index (χ1n) is 10.0. The van der Waals surface area contributed by atoms with Crippen LogP contribution in [0.3, 0.4) is 0 Å². The minimum Gasteiger partial charge on any atom is -0.381 e. The van der Waals surface area contributed by atoms with E-state index in [1.54, 1.807) is 13.2 Å². The van der Waals surface area contributed by atoms with Crippen LogP contribution in [0, 0.1) is 0 Å². The minimum absolute atomic E-state index is 0.143. The summed E-state index contributed by atoms with van der Waals surface area (Å²) in [6, 6.07) is 1.58. The maximum absolute atomic E-state index is 12.6. The Balaban J connectivity index is 1.60. The summed E-state index contributed by atoms with van der Waals surface area (Å²) in [4.78, 5) is 6.92. The Labute approximate surface area is 172 Å². The Bertz CT molecular complexity index is 754. The lowest BCUT2D eigenvalue weighted by atomic mass is 9.94. The highest BCUT2D eigenvalue weighted by Crippen LogP contribution is 2.25. The van der Waals surface area contributed by atoms with Gasteiger partial charge in [-0.25, -0.2) is 8.42 Å². The van der Waals surface area contributed by atoms with E-state index in [2.05, 4.69) is 15.4 Å². The Morgan fingerprint density at radius 2 is 2.03 bits per heavy atom. The predicted octanol–water partition coefficient (Wildman–Crippen LogP) is 0.283. The molecule has 1 aromatic heterocycles. The van der Waals surface area contributed by atoms with Crippen molar-refractivity contribution in [2.45, 2.75) is 31.1 Å². The zero-order chi connectivity index (χ0) is 20.7. The second-order valence-corrected chi connectivity index (χ2v) is 9.27. The number of rotatable bonds is 7. The van der Waals surface area contributed by atoms with E-state index in [1.165, 1.54) is 10.6 Å². The summed E-state index contributed by atoms with van der Waals surface area (Å²) in [5.41, 5.74) is 0.130. The van der Waals surface area contributed by atoms with Crippen LogP contribution in [0.15, 0.2) is 21.8 Å². The fraction of sp³-hybridized carbons (Fsp3) is 0.778. The van der Waals surface area contributed by atoms with Gasteiger partial charge in [-0.3, -0.25) is 4.99 Å². The molecule has 0 aliphatic carbocycles. The van der Waals surface area contributed by atoms with Crippen LogP contribution < -0.4 is 5.32 Å². The fourth-order valence-electron chi connectivity index (χ4n) is 3.58. The molecule has 3 heterocycles. The summed E-state index contributed by atoms with van der Waals surface area (Å²) in [6.07, 6.45) is 3.02. The van der Waals surface area contributed by atoms with E-state index in [1.807, 2.05) is 6.92 Å². The van der Waals surface area contributed by atoms with E-state index in [9.17, 15) is 8.42 Å². The van der Waals surface area contributed by atoms with Gasteiger partial charge in [-0.1, -0.05) is 5.16 Å². The Morgan fingerprint density at radius 3 is 2.62 bits per heavy atom. The molecule has 2 saturated heterocycles. The van der Waals surface area contributed by atoms with Crippen molar-refractivity contribution in [1.82, 2.24) is 19.7 Å². The number of hydrogen-bond donors (Lipinski definition) is 1. The largest absolute Gasteiger partial charge is 0.381 e. The molecule has 29 heavy (non-hydrogen) atoms. The van der Waals surface area contributed by atoms with E-state index < -0.39 is 10.0 Å². The maximum Gasteiger partial charge on any atom is 0.220 e. The molecular formula is C18H31N5O5S. The SMILES string of the molecule is CCNC(=NCC1(OC)CCOCC1)N1CCN(S(=O)(=O)Cc2ccon2)CC1. The second kappa shape index (κ2) is 9.88. The lowest BCUT2D eigenvalue weighted by Gasteiger charge is -2.37. The Hall–Kier alpha value is -1.69. The molecule has 2 aliphatic heterocycles. The van der Waals surface area contributed by atoms with Crippen LogP contribution in [-0.4, -0.2) is 93.9 Å². The summed E-state index contributed by atoms with van der Waals surface area (Å²) in [5, 5.41) is 7.03. The zero-order valence-corrected chi connectivity index (χ0v) is 18.0. The summed E-state index contributed by atoms with van der Waals surface area (Å²) in [5.74, 6) is 0.653. The summed E-state index contributed by atoms with van der Waals surface area (Å²) in [6.45, 7) is 6.66. The van der Waals surface area contributed by atoms with Crippen molar-refractivity contribution in [3.8, 4) is 0 Å². The molecular weight excluding hydrogens is 398 g/mol. The molecule has 3 rings (SSSR count). The first-order valence-corrected chi connectivity index (χ1v) is 11.6. The van der Waals surface area contributed by atoms with Crippen LogP contribution in [0.5, 0.6) is 0 Å². The van der Waals surface area contributed by atoms with Gasteiger partial charge in [0.2, 0.25) is 10.0 Å². The summed E-state index contributed by atoms with van der Waals surface area (Å²) in [7, 11) is -1.69. The Kier molecular flexibility index (Phi) is 7.49. The second-order valence-electron chi connectivity index (χ2n) is 7.30. The van der Waals surface area contributed by atoms with Crippen LogP contribution in [0.2, 0.25) is 0 Å². The molecule has 10 nitrogen and oxygen atoms in total. The first kappa shape index (κ1) is 22.0. The summed E-state index contributed by atoms with van der Waals surface area (Å²) >= 11 is 0. The van der Waals surface area contributed by atoms with Gasteiger partial charge >= 0.3 is 0 Å². The van der Waals surface area contributed by atoms with Gasteiger partial charge in [0.1, 0.15) is 12.0 Å². The van der Waals surface area contributed by atoms with Crippen LogP contribution in [0.25, 0.3) is 0 Å². The van der Waals surface area contributed by atoms with Gasteiger partial charge in [-0.05, 0) is 6.92 Å². The highest BCUT2D eigenvalue weighted by molar-refractivity contribution is 7.88. The molecule has 0 spiro atoms. The number of aliphatic imine (C=N–C) groups is 1. The average molecular weight is 430 g/mol. The number of hydrogen-bond acceptors (Lipinski definition) is 7. The number of nitrogens with zero attached hydrogens (tertiary/aromatic N) is 4. The third-order valence-electron chi connectivity index (χ3n) is 5.44. The fourth-order valence-corrected chi connectivity index (χ4v) is 5.01. The molecule has 2 aliphatic rings. The molecule has 1 aromatic rings. The highest BCUT2D eigenvalue weighted by Gasteiger charge is 2.33. The number of methoxy groups -OCH3 is 1. The van der Waals surface area contributed by atoms with Gasteiger partial charge < -0.3 is 24.2 Å². The quantitative estimate of drug-likeness (QED) is 0.486. The number of nitrogens with one attached hydrogen (secondary N) is 1. The zero-order valence-electron chi connectivity index (χ0n) is 17.2. The molecule has 0 atom stereocenters. The van der Waals surface area contributed by atoms with E-state index in [-0.39, 0.29) is 11.4 Å². The van der Waals surface area contributed by atoms with Crippen molar-refractivity contribution in [2.75, 3.05) is 59.6 Å². The van der Waals surface area contributed by atoms with Gasteiger partial charge in [-0.15, -0.1) is 0 Å². The molecule has 0 radical (unpaired) electrons. The van der Waals surface area contributed by atoms with Gasteiger partial charge in [0.15, 0.2) is 5.96 Å². The number of guanidine groups is 1. The normalized spacial score (nSPS) is 21.3. The van der Waals surface area contributed by atoms with Gasteiger partial charge in [0.25, 0.3) is 0 Å². The predicted molar refractivity (Wildman–Crippen MR) is 108 cm³/mol. The van der Waals surface area contributed by atoms with Gasteiger partial charge in [-0.2, -0.15) is 4.31 Å². The van der Waals surface area contributed by atoms with Crippen molar-refractivity contribution in [1.29, 1.82) is 0 Å². The third-order valence-corrected chi connectivity index (χ3v) is 7.25. The standard InChI is InChI=1S/C18H31N5O5S/c1-3-19-17(20-15-18(26-2)5-12-27-13-6-18)22-7-9-23(10-8-22)29(24,25)14-16-4-11-28-21-16/h4,11H,3,5-10,12-15H2,1-2H3,(H,19,20). The highest BCUT2D eigenvalue weighted by atomic mass is 32.2. The van der Waals surface area contributed by atoms with Crippen molar-refractivity contribution in [2.24, 2.45) is 4.99 Å². The monoisotopic (exact) mass is 429 g/mol. The Morgan fingerprint density at radius 1 is 1.31 bits per heavy atom.